The zero-order valence-corrected chi connectivity index (χ0v) is 19.7. The van der Waals surface area contributed by atoms with Crippen LogP contribution in [-0.2, 0) is 11.3 Å². The van der Waals surface area contributed by atoms with Gasteiger partial charge in [0.15, 0.2) is 0 Å². The smallest absolute Gasteiger partial charge is 0.339 e. The van der Waals surface area contributed by atoms with E-state index in [1.165, 1.54) is 6.07 Å². The van der Waals surface area contributed by atoms with Crippen LogP contribution in [-0.4, -0.2) is 11.0 Å². The highest BCUT2D eigenvalue weighted by Crippen LogP contribution is 2.29. The summed E-state index contributed by atoms with van der Waals surface area (Å²) in [5.41, 5.74) is 3.07. The number of aromatic nitrogens is 1. The second kappa shape index (κ2) is 8.95. The highest BCUT2D eigenvalue weighted by Gasteiger charge is 2.17. The Hall–Kier alpha value is -4.48. The second-order valence-corrected chi connectivity index (χ2v) is 8.84. The van der Waals surface area contributed by atoms with Crippen molar-refractivity contribution in [2.75, 3.05) is 0 Å². The number of hydrogen-bond acceptors (Lipinski definition) is 5. The van der Waals surface area contributed by atoms with Gasteiger partial charge in [0.2, 0.25) is 0 Å². The largest absolute Gasteiger partial charge is 0.457 e. The molecule has 36 heavy (non-hydrogen) atoms. The summed E-state index contributed by atoms with van der Waals surface area (Å²) < 4.78 is 11.2. The zero-order valence-electron chi connectivity index (χ0n) is 18.9. The molecule has 4 aromatic carbocycles. The molecule has 2 aromatic heterocycles. The lowest BCUT2D eigenvalue weighted by molar-refractivity contribution is 0.0476. The van der Waals surface area contributed by atoms with Gasteiger partial charge in [0.05, 0.1) is 16.8 Å². The van der Waals surface area contributed by atoms with Gasteiger partial charge in [0.25, 0.3) is 0 Å². The Morgan fingerprint density at radius 2 is 1.61 bits per heavy atom. The molecule has 0 aliphatic carbocycles. The maximum Gasteiger partial charge on any atom is 0.339 e. The molecule has 0 aliphatic rings. The molecule has 174 valence electrons. The van der Waals surface area contributed by atoms with Crippen molar-refractivity contribution >= 4 is 50.2 Å². The van der Waals surface area contributed by atoms with Crippen LogP contribution in [0.3, 0.4) is 0 Å². The van der Waals surface area contributed by atoms with Crippen LogP contribution in [0.25, 0.3) is 43.9 Å². The summed E-state index contributed by atoms with van der Waals surface area (Å²) in [5.74, 6) is -0.509. The van der Waals surface area contributed by atoms with Crippen molar-refractivity contribution < 1.29 is 13.9 Å². The van der Waals surface area contributed by atoms with Crippen LogP contribution in [0.2, 0.25) is 5.02 Å². The number of carbonyl (C=O) groups is 1. The third-order valence-electron chi connectivity index (χ3n) is 6.15. The number of nitrogens with zero attached hydrogens (tertiary/aromatic N) is 1. The van der Waals surface area contributed by atoms with Gasteiger partial charge in [-0.15, -0.1) is 0 Å². The molecule has 0 spiro atoms. The van der Waals surface area contributed by atoms with Gasteiger partial charge in [-0.05, 0) is 41.1 Å². The van der Waals surface area contributed by atoms with E-state index in [2.05, 4.69) is 0 Å². The lowest BCUT2D eigenvalue weighted by Crippen LogP contribution is -2.09. The summed E-state index contributed by atoms with van der Waals surface area (Å²) >= 11 is 6.04. The van der Waals surface area contributed by atoms with E-state index in [1.807, 2.05) is 66.7 Å². The number of carbonyl (C=O) groups excluding carboxylic acids is 1. The lowest BCUT2D eigenvalue weighted by Gasteiger charge is -2.12. The van der Waals surface area contributed by atoms with Crippen molar-refractivity contribution in [3.05, 3.63) is 124 Å². The van der Waals surface area contributed by atoms with E-state index >= 15 is 0 Å². The van der Waals surface area contributed by atoms with Crippen molar-refractivity contribution in [3.8, 4) is 11.3 Å². The summed E-state index contributed by atoms with van der Waals surface area (Å²) in [6.45, 7) is -0.0815. The molecule has 0 atom stereocenters. The summed E-state index contributed by atoms with van der Waals surface area (Å²) in [6, 6.07) is 29.3. The summed E-state index contributed by atoms with van der Waals surface area (Å²) in [5, 5.41) is 3.97. The Labute approximate surface area is 210 Å². The van der Waals surface area contributed by atoms with Gasteiger partial charge in [-0.1, -0.05) is 72.3 Å². The molecule has 6 aromatic rings. The number of hydrogen-bond donors (Lipinski definition) is 0. The summed E-state index contributed by atoms with van der Waals surface area (Å²) in [6.07, 6.45) is 0. The van der Waals surface area contributed by atoms with Crippen LogP contribution >= 0.6 is 11.6 Å². The van der Waals surface area contributed by atoms with E-state index in [9.17, 15) is 9.59 Å². The monoisotopic (exact) mass is 491 g/mol. The first-order chi connectivity index (χ1) is 17.6. The maximum absolute atomic E-state index is 13.4. The molecular weight excluding hydrogens is 474 g/mol. The highest BCUT2D eigenvalue weighted by atomic mass is 35.5. The molecule has 0 aliphatic heterocycles. The molecule has 0 N–H and O–H groups in total. The van der Waals surface area contributed by atoms with Gasteiger partial charge in [0.1, 0.15) is 12.2 Å². The van der Waals surface area contributed by atoms with Crippen LogP contribution in [0.4, 0.5) is 0 Å². The predicted molar refractivity (Wildman–Crippen MR) is 141 cm³/mol. The molecule has 6 heteroatoms. The maximum atomic E-state index is 13.4. The second-order valence-electron chi connectivity index (χ2n) is 8.41. The van der Waals surface area contributed by atoms with E-state index in [-0.39, 0.29) is 6.61 Å². The van der Waals surface area contributed by atoms with Crippen LogP contribution in [0.15, 0.2) is 106 Å². The molecule has 0 unspecified atom stereocenters. The fraction of sp³-hybridized carbons (Fsp3) is 0.0333. The molecule has 6 rings (SSSR count). The number of para-hydroxylation sites is 1. The van der Waals surface area contributed by atoms with Crippen LogP contribution in [0, 0.1) is 0 Å². The van der Waals surface area contributed by atoms with Crippen LogP contribution < -0.4 is 5.63 Å². The van der Waals surface area contributed by atoms with Crippen molar-refractivity contribution in [2.24, 2.45) is 0 Å². The number of benzene rings is 4. The minimum absolute atomic E-state index is 0.0815. The van der Waals surface area contributed by atoms with E-state index in [4.69, 9.17) is 25.7 Å². The van der Waals surface area contributed by atoms with Gasteiger partial charge in [-0.2, -0.15) is 0 Å². The summed E-state index contributed by atoms with van der Waals surface area (Å²) in [4.78, 5) is 30.3. The Morgan fingerprint density at radius 3 is 2.44 bits per heavy atom. The molecule has 0 amide bonds. The number of esters is 1. The lowest BCUT2D eigenvalue weighted by atomic mass is 10.0. The first-order valence-corrected chi connectivity index (χ1v) is 11.7. The van der Waals surface area contributed by atoms with Gasteiger partial charge >= 0.3 is 11.6 Å². The number of fused-ring (bicyclic) bond motifs is 4. The average Bonchev–Trinajstić information content (AvgIpc) is 2.91. The molecule has 5 nitrogen and oxygen atoms in total. The Balaban J connectivity index is 1.41. The van der Waals surface area contributed by atoms with Crippen LogP contribution in [0.1, 0.15) is 15.9 Å². The normalized spacial score (nSPS) is 11.2. The van der Waals surface area contributed by atoms with Crippen molar-refractivity contribution in [3.63, 3.8) is 0 Å². The average molecular weight is 492 g/mol. The third-order valence-corrected chi connectivity index (χ3v) is 6.40. The van der Waals surface area contributed by atoms with Crippen molar-refractivity contribution in [1.82, 2.24) is 4.98 Å². The third kappa shape index (κ3) is 4.00. The van der Waals surface area contributed by atoms with Crippen molar-refractivity contribution in [1.29, 1.82) is 0 Å². The zero-order chi connectivity index (χ0) is 24.6. The molecule has 0 fully saturated rings. The topological polar surface area (TPSA) is 69.4 Å². The van der Waals surface area contributed by atoms with Gasteiger partial charge in [0, 0.05) is 33.0 Å². The molecule has 0 saturated carbocycles. The number of ether oxygens (including phenoxy) is 1. The SMILES string of the molecule is O=C(OCc1cc(=O)oc2ccc3ccccc3c12)c1cc(-c2ccc(Cl)cc2)nc2ccccc12. The first-order valence-electron chi connectivity index (χ1n) is 11.3. The minimum Gasteiger partial charge on any atom is -0.457 e. The fourth-order valence-corrected chi connectivity index (χ4v) is 4.59. The minimum atomic E-state index is -0.509. The standard InChI is InChI=1S/C30H18ClNO4/c31-21-12-9-19(10-13-21)26-16-24(23-7-3-4-8-25(23)32-26)30(34)35-17-20-15-28(33)36-27-14-11-18-5-1-2-6-22(18)29(20)27/h1-16H,17H2. The fourth-order valence-electron chi connectivity index (χ4n) is 4.47. The Morgan fingerprint density at radius 1 is 0.861 bits per heavy atom. The van der Waals surface area contributed by atoms with E-state index in [0.29, 0.717) is 38.3 Å². The van der Waals surface area contributed by atoms with E-state index in [0.717, 1.165) is 21.7 Å². The van der Waals surface area contributed by atoms with Crippen molar-refractivity contribution in [2.45, 2.75) is 6.61 Å². The molecule has 0 bridgehead atoms. The predicted octanol–water partition coefficient (Wildman–Crippen LogP) is 7.17. The molecule has 2 heterocycles. The summed E-state index contributed by atoms with van der Waals surface area (Å²) in [7, 11) is 0. The number of halogens is 1. The van der Waals surface area contributed by atoms with Crippen LogP contribution in [0.5, 0.6) is 0 Å². The Kier molecular flexibility index (Phi) is 5.47. The Bertz CT molecular complexity index is 1840. The number of rotatable bonds is 4. The molecular formula is C30H18ClNO4. The molecule has 0 saturated heterocycles. The number of pyridine rings is 1. The first kappa shape index (κ1) is 22.0. The van der Waals surface area contributed by atoms with Gasteiger partial charge in [-0.25, -0.2) is 14.6 Å². The quantitative estimate of drug-likeness (QED) is 0.148. The van der Waals surface area contributed by atoms with Gasteiger partial charge in [-0.3, -0.25) is 0 Å². The highest BCUT2D eigenvalue weighted by molar-refractivity contribution is 6.30. The van der Waals surface area contributed by atoms with Gasteiger partial charge < -0.3 is 9.15 Å². The van der Waals surface area contributed by atoms with E-state index < -0.39 is 11.6 Å². The van der Waals surface area contributed by atoms with E-state index in [1.54, 1.807) is 24.3 Å². The molecule has 0 radical (unpaired) electrons.